The molecule has 0 spiro atoms. The summed E-state index contributed by atoms with van der Waals surface area (Å²) in [6.07, 6.45) is 4.38. The Morgan fingerprint density at radius 1 is 1.12 bits per heavy atom. The van der Waals surface area contributed by atoms with Crippen molar-refractivity contribution >= 4 is 63.1 Å². The van der Waals surface area contributed by atoms with Crippen molar-refractivity contribution in [3.8, 4) is 0 Å². The van der Waals surface area contributed by atoms with E-state index in [1.807, 2.05) is 11.1 Å². The maximum Gasteiger partial charge on any atom is 0.220 e. The highest BCUT2D eigenvalue weighted by Crippen LogP contribution is 2.32. The van der Waals surface area contributed by atoms with E-state index in [4.69, 9.17) is 0 Å². The van der Waals surface area contributed by atoms with Gasteiger partial charge in [0, 0.05) is 36.4 Å². The number of carbonyl (C=O) groups excluding carboxylic acids is 1. The minimum atomic E-state index is 0. The number of aromatic amines is 1. The van der Waals surface area contributed by atoms with E-state index in [2.05, 4.69) is 91.5 Å². The van der Waals surface area contributed by atoms with Gasteiger partial charge in [-0.25, -0.2) is 4.98 Å². The number of benzene rings is 3. The molecule has 0 aliphatic carbocycles. The number of rotatable bonds is 4. The first kappa shape index (κ1) is 26.1. The second-order valence-corrected chi connectivity index (χ2v) is 9.29. The molecule has 0 saturated carbocycles. The summed E-state index contributed by atoms with van der Waals surface area (Å²) in [5, 5.41) is 2.48. The van der Waals surface area contributed by atoms with Gasteiger partial charge in [-0.1, -0.05) is 58.4 Å². The summed E-state index contributed by atoms with van der Waals surface area (Å²) in [5.41, 5.74) is 4.64. The van der Waals surface area contributed by atoms with E-state index in [-0.39, 0.29) is 36.8 Å². The molecule has 1 aromatic heterocycles. The predicted octanol–water partition coefficient (Wildman–Crippen LogP) is 6.15. The molecule has 2 heterocycles. The highest BCUT2D eigenvalue weighted by atomic mass is 79.9. The summed E-state index contributed by atoms with van der Waals surface area (Å²) in [4.78, 5) is 24.6. The van der Waals surface area contributed by atoms with Gasteiger partial charge < -0.3 is 14.8 Å². The van der Waals surface area contributed by atoms with Crippen molar-refractivity contribution in [1.29, 1.82) is 0 Å². The quantitative estimate of drug-likeness (QED) is 0.325. The number of imidazole rings is 1. The van der Waals surface area contributed by atoms with Crippen LogP contribution in [0.1, 0.15) is 23.7 Å². The highest BCUT2D eigenvalue weighted by Gasteiger charge is 2.30. The normalized spacial score (nSPS) is 15.2. The molecule has 5 rings (SSSR count). The van der Waals surface area contributed by atoms with Gasteiger partial charge in [0.2, 0.25) is 5.91 Å². The summed E-state index contributed by atoms with van der Waals surface area (Å²) in [5.74, 6) is 0.101. The van der Waals surface area contributed by atoms with Gasteiger partial charge in [-0.15, -0.1) is 24.8 Å². The third-order valence-corrected chi connectivity index (χ3v) is 6.74. The number of nitrogens with zero attached hydrogens (tertiary/aromatic N) is 3. The lowest BCUT2D eigenvalue weighted by Crippen LogP contribution is -2.45. The average Bonchev–Trinajstić information content (AvgIpc) is 3.24. The van der Waals surface area contributed by atoms with E-state index < -0.39 is 0 Å². The van der Waals surface area contributed by atoms with Crippen molar-refractivity contribution < 1.29 is 4.79 Å². The molecule has 1 N–H and O–H groups in total. The summed E-state index contributed by atoms with van der Waals surface area (Å²) in [6.45, 7) is 3.74. The Balaban J connectivity index is 0.00000162. The molecule has 1 aliphatic heterocycles. The Kier molecular flexibility index (Phi) is 8.63. The van der Waals surface area contributed by atoms with Crippen LogP contribution in [0.3, 0.4) is 0 Å². The molecule has 178 valence electrons. The molecule has 1 aliphatic rings. The lowest BCUT2D eigenvalue weighted by molar-refractivity contribution is -0.131. The van der Waals surface area contributed by atoms with Crippen molar-refractivity contribution in [2.24, 2.45) is 0 Å². The van der Waals surface area contributed by atoms with E-state index in [0.717, 1.165) is 34.4 Å². The highest BCUT2D eigenvalue weighted by molar-refractivity contribution is 9.10. The smallest absolute Gasteiger partial charge is 0.220 e. The van der Waals surface area contributed by atoms with Crippen LogP contribution in [0.15, 0.2) is 77.7 Å². The molecule has 8 heteroatoms. The van der Waals surface area contributed by atoms with E-state index in [1.165, 1.54) is 16.3 Å². The van der Waals surface area contributed by atoms with Crippen LogP contribution in [0.4, 0.5) is 5.69 Å². The van der Waals surface area contributed by atoms with Crippen LogP contribution in [-0.4, -0.2) is 33.4 Å². The Labute approximate surface area is 220 Å². The molecule has 0 radical (unpaired) electrons. The Morgan fingerprint density at radius 3 is 2.68 bits per heavy atom. The first-order valence-electron chi connectivity index (χ1n) is 10.8. The fraction of sp³-hybridized carbons (Fsp3) is 0.231. The van der Waals surface area contributed by atoms with Gasteiger partial charge >= 0.3 is 0 Å². The first-order chi connectivity index (χ1) is 15.6. The zero-order chi connectivity index (χ0) is 22.1. The SMILES string of the molecule is CC(=O)N1Cc2cc(Br)ccc2N(Cc2cnc[nH]2)CC1Cc1cccc2ccccc12.Cl.Cl. The number of carbonyl (C=O) groups is 1. The van der Waals surface area contributed by atoms with E-state index in [0.29, 0.717) is 13.1 Å². The molecule has 4 aromatic rings. The molecule has 1 atom stereocenters. The number of aromatic nitrogens is 2. The number of hydrogen-bond acceptors (Lipinski definition) is 3. The van der Waals surface area contributed by atoms with Gasteiger partial charge in [0.05, 0.1) is 24.6 Å². The molecular formula is C26H27BrCl2N4O. The van der Waals surface area contributed by atoms with Crippen LogP contribution in [0.2, 0.25) is 0 Å². The average molecular weight is 562 g/mol. The van der Waals surface area contributed by atoms with Crippen LogP contribution < -0.4 is 4.90 Å². The number of fused-ring (bicyclic) bond motifs is 2. The molecule has 1 amide bonds. The van der Waals surface area contributed by atoms with Crippen molar-refractivity contribution in [1.82, 2.24) is 14.9 Å². The number of nitrogens with one attached hydrogen (secondary N) is 1. The number of amides is 1. The molecule has 5 nitrogen and oxygen atoms in total. The van der Waals surface area contributed by atoms with Gasteiger partial charge in [0.15, 0.2) is 0 Å². The van der Waals surface area contributed by atoms with Crippen LogP contribution in [0.5, 0.6) is 0 Å². The Bertz CT molecular complexity index is 1260. The number of anilines is 1. The zero-order valence-corrected chi connectivity index (χ0v) is 22.0. The largest absolute Gasteiger partial charge is 0.363 e. The molecule has 34 heavy (non-hydrogen) atoms. The standard InChI is InChI=1S/C26H25BrN4O.2ClH/c1-18(32)31-14-21-11-22(27)9-10-26(21)30(15-23-13-28-17-29-23)16-24(31)12-20-7-4-6-19-5-2-3-8-25(19)20;;/h2-11,13,17,24H,12,14-16H2,1H3,(H,28,29);2*1H. The van der Waals surface area contributed by atoms with Gasteiger partial charge in [-0.3, -0.25) is 4.79 Å². The minimum Gasteiger partial charge on any atom is -0.363 e. The lowest BCUT2D eigenvalue weighted by Gasteiger charge is -2.32. The molecular weight excluding hydrogens is 535 g/mol. The molecule has 1 unspecified atom stereocenters. The summed E-state index contributed by atoms with van der Waals surface area (Å²) >= 11 is 3.61. The van der Waals surface area contributed by atoms with Gasteiger partial charge in [-0.05, 0) is 46.5 Å². The van der Waals surface area contributed by atoms with Gasteiger partial charge in [0.1, 0.15) is 0 Å². The van der Waals surface area contributed by atoms with Crippen molar-refractivity contribution in [3.63, 3.8) is 0 Å². The maximum absolute atomic E-state index is 12.8. The summed E-state index contributed by atoms with van der Waals surface area (Å²) < 4.78 is 1.02. The minimum absolute atomic E-state index is 0. The predicted molar refractivity (Wildman–Crippen MR) is 146 cm³/mol. The fourth-order valence-corrected chi connectivity index (χ4v) is 5.16. The Morgan fingerprint density at radius 2 is 1.91 bits per heavy atom. The number of halogens is 3. The van der Waals surface area contributed by atoms with Gasteiger partial charge in [-0.2, -0.15) is 0 Å². The monoisotopic (exact) mass is 560 g/mol. The van der Waals surface area contributed by atoms with Crippen molar-refractivity contribution in [2.75, 3.05) is 11.4 Å². The third-order valence-electron chi connectivity index (χ3n) is 6.25. The summed E-state index contributed by atoms with van der Waals surface area (Å²) in [7, 11) is 0. The zero-order valence-electron chi connectivity index (χ0n) is 18.8. The maximum atomic E-state index is 12.8. The molecule has 0 fully saturated rings. The van der Waals surface area contributed by atoms with E-state index in [1.54, 1.807) is 13.3 Å². The topological polar surface area (TPSA) is 52.2 Å². The van der Waals surface area contributed by atoms with E-state index in [9.17, 15) is 4.79 Å². The first-order valence-corrected chi connectivity index (χ1v) is 11.6. The Hall–Kier alpha value is -2.54. The summed E-state index contributed by atoms with van der Waals surface area (Å²) in [6, 6.07) is 21.3. The van der Waals surface area contributed by atoms with Crippen molar-refractivity contribution in [2.45, 2.75) is 32.5 Å². The third kappa shape index (κ3) is 5.40. The van der Waals surface area contributed by atoms with Crippen LogP contribution in [0, 0.1) is 0 Å². The molecule has 3 aromatic carbocycles. The van der Waals surface area contributed by atoms with Crippen LogP contribution in [-0.2, 0) is 24.3 Å². The lowest BCUT2D eigenvalue weighted by atomic mass is 9.97. The molecule has 0 bridgehead atoms. The number of H-pyrrole nitrogens is 1. The number of hydrogen-bond donors (Lipinski definition) is 1. The molecule has 0 saturated heterocycles. The van der Waals surface area contributed by atoms with Crippen molar-refractivity contribution in [3.05, 3.63) is 94.5 Å². The van der Waals surface area contributed by atoms with Crippen LogP contribution in [0.25, 0.3) is 10.8 Å². The fourth-order valence-electron chi connectivity index (χ4n) is 4.75. The van der Waals surface area contributed by atoms with Gasteiger partial charge in [0.25, 0.3) is 0 Å². The second kappa shape index (κ2) is 11.3. The van der Waals surface area contributed by atoms with Crippen LogP contribution >= 0.6 is 40.7 Å². The second-order valence-electron chi connectivity index (χ2n) is 8.37. The van der Waals surface area contributed by atoms with E-state index >= 15 is 0 Å².